The number of rotatable bonds is 6. The minimum atomic E-state index is -0.612. The Bertz CT molecular complexity index is 464. The van der Waals surface area contributed by atoms with Crippen molar-refractivity contribution in [3.05, 3.63) is 16.4 Å². The number of hydrogen-bond donors (Lipinski definition) is 1. The summed E-state index contributed by atoms with van der Waals surface area (Å²) in [7, 11) is 1.87. The standard InChI is InChI=1S/C15H25ClN2O3/c1-4-11-14(16)12(18(3)17-11)10-13(19)15(21-5-2)6-8-20-9-7-15/h13,19H,4-10H2,1-3H3. The molecule has 0 aromatic carbocycles. The summed E-state index contributed by atoms with van der Waals surface area (Å²) < 4.78 is 13.1. The Balaban J connectivity index is 2.18. The van der Waals surface area contributed by atoms with Crippen LogP contribution in [0.4, 0.5) is 0 Å². The Morgan fingerprint density at radius 1 is 1.43 bits per heavy atom. The van der Waals surface area contributed by atoms with E-state index in [1.807, 2.05) is 20.9 Å². The predicted molar refractivity (Wildman–Crippen MR) is 81.7 cm³/mol. The van der Waals surface area contributed by atoms with Crippen molar-refractivity contribution in [3.63, 3.8) is 0 Å². The highest BCUT2D eigenvalue weighted by molar-refractivity contribution is 6.31. The maximum Gasteiger partial charge on any atom is 0.0987 e. The molecule has 120 valence electrons. The Morgan fingerprint density at radius 2 is 2.10 bits per heavy atom. The average molecular weight is 317 g/mol. The van der Waals surface area contributed by atoms with Gasteiger partial charge in [-0.25, -0.2) is 0 Å². The third-order valence-corrected chi connectivity index (χ3v) is 4.70. The highest BCUT2D eigenvalue weighted by Crippen LogP contribution is 2.32. The number of halogens is 1. The van der Waals surface area contributed by atoms with Gasteiger partial charge in [0.1, 0.15) is 0 Å². The van der Waals surface area contributed by atoms with Gasteiger partial charge in [0.2, 0.25) is 0 Å². The molecule has 0 radical (unpaired) electrons. The van der Waals surface area contributed by atoms with Crippen LogP contribution in [-0.2, 0) is 29.4 Å². The van der Waals surface area contributed by atoms with Gasteiger partial charge in [-0.1, -0.05) is 18.5 Å². The molecule has 1 fully saturated rings. The molecule has 21 heavy (non-hydrogen) atoms. The van der Waals surface area contributed by atoms with Crippen molar-refractivity contribution in [1.29, 1.82) is 0 Å². The van der Waals surface area contributed by atoms with Crippen LogP contribution in [0.2, 0.25) is 5.02 Å². The number of hydrogen-bond acceptors (Lipinski definition) is 4. The fraction of sp³-hybridized carbons (Fsp3) is 0.800. The summed E-state index contributed by atoms with van der Waals surface area (Å²) in [6.07, 6.45) is 2.03. The van der Waals surface area contributed by atoms with Gasteiger partial charge in [0.25, 0.3) is 0 Å². The van der Waals surface area contributed by atoms with E-state index in [-0.39, 0.29) is 0 Å². The largest absolute Gasteiger partial charge is 0.390 e. The van der Waals surface area contributed by atoms with Crippen molar-refractivity contribution in [2.75, 3.05) is 19.8 Å². The fourth-order valence-electron chi connectivity index (χ4n) is 2.99. The SMILES string of the molecule is CCOC1(C(O)Cc2c(Cl)c(CC)nn2C)CCOCC1. The summed E-state index contributed by atoms with van der Waals surface area (Å²) in [5.74, 6) is 0. The van der Waals surface area contributed by atoms with Crippen molar-refractivity contribution < 1.29 is 14.6 Å². The van der Waals surface area contributed by atoms with Crippen LogP contribution in [0.25, 0.3) is 0 Å². The molecule has 2 heterocycles. The lowest BCUT2D eigenvalue weighted by Gasteiger charge is -2.40. The number of nitrogens with zero attached hydrogens (tertiary/aromatic N) is 2. The normalized spacial score (nSPS) is 19.7. The van der Waals surface area contributed by atoms with Crippen LogP contribution in [0, 0.1) is 0 Å². The van der Waals surface area contributed by atoms with Gasteiger partial charge in [-0.05, 0) is 13.3 Å². The van der Waals surface area contributed by atoms with Crippen LogP contribution in [0.3, 0.4) is 0 Å². The second-order valence-electron chi connectivity index (χ2n) is 5.51. The lowest BCUT2D eigenvalue weighted by Crippen LogP contribution is -2.50. The first kappa shape index (κ1) is 16.7. The van der Waals surface area contributed by atoms with Gasteiger partial charge in [-0.3, -0.25) is 4.68 Å². The smallest absolute Gasteiger partial charge is 0.0987 e. The van der Waals surface area contributed by atoms with Gasteiger partial charge in [0, 0.05) is 46.1 Å². The van der Waals surface area contributed by atoms with Crippen LogP contribution >= 0.6 is 11.6 Å². The van der Waals surface area contributed by atoms with Crippen molar-refractivity contribution in [2.45, 2.75) is 51.2 Å². The zero-order valence-corrected chi connectivity index (χ0v) is 13.8. The van der Waals surface area contributed by atoms with Crippen LogP contribution in [0.15, 0.2) is 0 Å². The topological polar surface area (TPSA) is 56.5 Å². The third kappa shape index (κ3) is 3.42. The molecule has 1 unspecified atom stereocenters. The summed E-state index contributed by atoms with van der Waals surface area (Å²) in [6, 6.07) is 0. The average Bonchev–Trinajstić information content (AvgIpc) is 2.76. The highest BCUT2D eigenvalue weighted by Gasteiger charge is 2.41. The van der Waals surface area contributed by atoms with Gasteiger partial charge in [-0.15, -0.1) is 0 Å². The zero-order valence-electron chi connectivity index (χ0n) is 13.1. The molecule has 1 aliphatic rings. The quantitative estimate of drug-likeness (QED) is 0.873. The van der Waals surface area contributed by atoms with Gasteiger partial charge in [0.05, 0.1) is 28.1 Å². The molecular formula is C15H25ClN2O3. The number of aryl methyl sites for hydroxylation is 2. The lowest BCUT2D eigenvalue weighted by molar-refractivity contribution is -0.165. The monoisotopic (exact) mass is 316 g/mol. The second kappa shape index (κ2) is 7.09. The predicted octanol–water partition coefficient (Wildman–Crippen LogP) is 2.12. The van der Waals surface area contributed by atoms with Crippen LogP contribution in [0.5, 0.6) is 0 Å². The van der Waals surface area contributed by atoms with E-state index >= 15 is 0 Å². The van der Waals surface area contributed by atoms with E-state index in [2.05, 4.69) is 5.10 Å². The lowest BCUT2D eigenvalue weighted by atomic mass is 9.85. The second-order valence-corrected chi connectivity index (χ2v) is 5.89. The van der Waals surface area contributed by atoms with Gasteiger partial charge in [0.15, 0.2) is 0 Å². The molecule has 0 spiro atoms. The molecule has 0 aliphatic carbocycles. The van der Waals surface area contributed by atoms with Gasteiger partial charge < -0.3 is 14.6 Å². The molecule has 1 saturated heterocycles. The fourth-order valence-corrected chi connectivity index (χ4v) is 3.36. The summed E-state index contributed by atoms with van der Waals surface area (Å²) in [5, 5.41) is 15.8. The van der Waals surface area contributed by atoms with E-state index in [9.17, 15) is 5.11 Å². The van der Waals surface area contributed by atoms with E-state index in [1.54, 1.807) is 4.68 Å². The molecular weight excluding hydrogens is 292 g/mol. The van der Waals surface area contributed by atoms with Gasteiger partial charge in [-0.2, -0.15) is 5.10 Å². The minimum Gasteiger partial charge on any atom is -0.390 e. The molecule has 0 saturated carbocycles. The summed E-state index contributed by atoms with van der Waals surface area (Å²) in [5.41, 5.74) is 1.21. The molecule has 1 aromatic rings. The molecule has 1 aromatic heterocycles. The Kier molecular flexibility index (Phi) is 5.66. The molecule has 1 N–H and O–H groups in total. The van der Waals surface area contributed by atoms with Crippen LogP contribution in [-0.4, -0.2) is 46.4 Å². The summed E-state index contributed by atoms with van der Waals surface area (Å²) >= 11 is 6.38. The Labute approximate surface area is 131 Å². The zero-order chi connectivity index (χ0) is 15.5. The highest BCUT2D eigenvalue weighted by atomic mass is 35.5. The number of aliphatic hydroxyl groups excluding tert-OH is 1. The molecule has 1 atom stereocenters. The molecule has 0 bridgehead atoms. The molecule has 5 nitrogen and oxygen atoms in total. The van der Waals surface area contributed by atoms with E-state index < -0.39 is 11.7 Å². The van der Waals surface area contributed by atoms with Crippen molar-refractivity contribution in [3.8, 4) is 0 Å². The van der Waals surface area contributed by atoms with Gasteiger partial charge >= 0.3 is 0 Å². The van der Waals surface area contributed by atoms with E-state index in [4.69, 9.17) is 21.1 Å². The van der Waals surface area contributed by atoms with Crippen molar-refractivity contribution >= 4 is 11.6 Å². The Morgan fingerprint density at radius 3 is 2.62 bits per heavy atom. The van der Waals surface area contributed by atoms with Crippen molar-refractivity contribution in [2.24, 2.45) is 7.05 Å². The summed E-state index contributed by atoms with van der Waals surface area (Å²) in [6.45, 7) is 5.80. The number of aliphatic hydroxyl groups is 1. The van der Waals surface area contributed by atoms with E-state index in [1.165, 1.54) is 0 Å². The molecule has 1 aliphatic heterocycles. The van der Waals surface area contributed by atoms with Crippen molar-refractivity contribution in [1.82, 2.24) is 9.78 Å². The van der Waals surface area contributed by atoms with E-state index in [0.717, 1.165) is 17.8 Å². The van der Waals surface area contributed by atoms with Crippen LogP contribution in [0.1, 0.15) is 38.1 Å². The summed E-state index contributed by atoms with van der Waals surface area (Å²) in [4.78, 5) is 0. The third-order valence-electron chi connectivity index (χ3n) is 4.27. The van der Waals surface area contributed by atoms with E-state index in [0.29, 0.717) is 44.1 Å². The maximum atomic E-state index is 10.8. The number of aromatic nitrogens is 2. The minimum absolute atomic E-state index is 0.447. The maximum absolute atomic E-state index is 10.8. The first-order valence-corrected chi connectivity index (χ1v) is 8.02. The number of ether oxygens (including phenoxy) is 2. The Hall–Kier alpha value is -0.620. The molecule has 2 rings (SSSR count). The molecule has 0 amide bonds. The first-order chi connectivity index (χ1) is 10.0. The first-order valence-electron chi connectivity index (χ1n) is 7.64. The van der Waals surface area contributed by atoms with Crippen LogP contribution < -0.4 is 0 Å². The molecule has 6 heteroatoms.